The van der Waals surface area contributed by atoms with Crippen molar-refractivity contribution in [3.05, 3.63) is 0 Å². The molecule has 20 atom stereocenters. The molecule has 20 unspecified atom stereocenters. The van der Waals surface area contributed by atoms with E-state index in [0.717, 1.165) is 55.4 Å². The van der Waals surface area contributed by atoms with Crippen molar-refractivity contribution in [3.63, 3.8) is 0 Å². The number of aldehydes is 5. The molecule has 512 valence electrons. The van der Waals surface area contributed by atoms with Crippen molar-refractivity contribution in [2.75, 3.05) is 53.7 Å². The number of carbonyl (C=O) groups excluding carboxylic acids is 5. The smallest absolute Gasteiger partial charge is 0.223 e. The van der Waals surface area contributed by atoms with Gasteiger partial charge in [0.05, 0.1) is 39.6 Å². The maximum atomic E-state index is 12.1. The second-order valence-electron chi connectivity index (χ2n) is 26.8. The van der Waals surface area contributed by atoms with Gasteiger partial charge in [0, 0.05) is 18.7 Å². The second-order valence-corrected chi connectivity index (χ2v) is 26.8. The van der Waals surface area contributed by atoms with Gasteiger partial charge in [-0.25, -0.2) is 0 Å². The highest BCUT2D eigenvalue weighted by atomic mass is 16.8. The quantitative estimate of drug-likeness (QED) is 0.0265. The molecule has 3 aliphatic rings. The highest BCUT2D eigenvalue weighted by Gasteiger charge is 2.76. The molecule has 30 heteroatoms. The Hall–Kier alpha value is -2.94. The standard InChI is InChI=1S/C26H45NO13.C18H32O10.C12H24O5.CH5N/c1-18(12-28,11-27-10)38-21(4,14-30)36-16-19(2,13-29)39-22(5,15-31)37-17-20(3)23(6,32)24(7,33)25(8,34)26(9,35)40-20;1-12(8-19,9-20)27-14(3,10-21)26-11-13(2)15(4,22)16(5,23)17(6,24)18(7,25)28-13;1-8(2)10(4,14)11(5,15)9(3,7-13)17-12(8,6)16;1-2/h11,13-15,28,32-35H,12,16-17H2,1-10H3;8,10,20,22-25H,9,11H2,1-7H3;13-16H,7H2,1-6H3;2H2,1H3. The fourth-order valence-electron chi connectivity index (χ4n) is 9.98. The normalized spacial score (nSPS) is 43.4. The van der Waals surface area contributed by atoms with Gasteiger partial charge in [-0.15, -0.1) is 0 Å². The summed E-state index contributed by atoms with van der Waals surface area (Å²) in [6.07, 6.45) is 2.66. The summed E-state index contributed by atoms with van der Waals surface area (Å²) in [5.74, 6) is -12.6. The molecule has 3 heterocycles. The summed E-state index contributed by atoms with van der Waals surface area (Å²) in [4.78, 5) is 62.5. The van der Waals surface area contributed by atoms with E-state index < -0.39 is 158 Å². The minimum absolute atomic E-state index is 0.220. The predicted octanol–water partition coefficient (Wildman–Crippen LogP) is -2.74. The van der Waals surface area contributed by atoms with E-state index in [-0.39, 0.29) is 12.6 Å². The summed E-state index contributed by atoms with van der Waals surface area (Å²) in [7, 11) is 2.94. The molecular weight excluding hydrogens is 1160 g/mol. The molecule has 30 nitrogen and oxygen atoms in total. The molecule has 87 heavy (non-hydrogen) atoms. The Morgan fingerprint density at radius 1 is 0.391 bits per heavy atom. The van der Waals surface area contributed by atoms with Gasteiger partial charge in [-0.1, -0.05) is 13.8 Å². The summed E-state index contributed by atoms with van der Waals surface area (Å²) in [6, 6.07) is 0. The Kier molecular flexibility index (Phi) is 25.7. The predicted molar refractivity (Wildman–Crippen MR) is 307 cm³/mol. The van der Waals surface area contributed by atoms with Crippen LogP contribution in [0.1, 0.15) is 152 Å². The number of aliphatic hydroxyl groups excluding tert-OH is 3. The number of ether oxygens (including phenoxy) is 9. The van der Waals surface area contributed by atoms with Crippen LogP contribution in [-0.4, -0.2) is 276 Å². The summed E-state index contributed by atoms with van der Waals surface area (Å²) < 4.78 is 49.9. The van der Waals surface area contributed by atoms with Gasteiger partial charge in [0.15, 0.2) is 48.8 Å². The van der Waals surface area contributed by atoms with Gasteiger partial charge >= 0.3 is 0 Å². The molecular formula is C57H106N2O28. The Morgan fingerprint density at radius 2 is 0.678 bits per heavy atom. The van der Waals surface area contributed by atoms with Crippen molar-refractivity contribution in [2.45, 2.75) is 265 Å². The van der Waals surface area contributed by atoms with Crippen LogP contribution in [0.3, 0.4) is 0 Å². The van der Waals surface area contributed by atoms with Crippen LogP contribution in [0.5, 0.6) is 0 Å². The third kappa shape index (κ3) is 15.1. The highest BCUT2D eigenvalue weighted by molar-refractivity contribution is 5.70. The second kappa shape index (κ2) is 26.6. The molecule has 0 aliphatic carbocycles. The summed E-state index contributed by atoms with van der Waals surface area (Å²) in [5.41, 5.74) is -23.9. The molecule has 0 radical (unpaired) electrons. The summed E-state index contributed by atoms with van der Waals surface area (Å²) >= 11 is 0. The molecule has 3 aliphatic heterocycles. The largest absolute Gasteiger partial charge is 0.393 e. The summed E-state index contributed by atoms with van der Waals surface area (Å²) in [5, 5.41) is 147. The van der Waals surface area contributed by atoms with Crippen LogP contribution in [0.2, 0.25) is 0 Å². The third-order valence-corrected chi connectivity index (χ3v) is 19.0. The molecule has 0 spiro atoms. The van der Waals surface area contributed by atoms with Crippen molar-refractivity contribution in [1.29, 1.82) is 0 Å². The van der Waals surface area contributed by atoms with Crippen LogP contribution in [0.25, 0.3) is 0 Å². The summed E-state index contributed by atoms with van der Waals surface area (Å²) in [6.45, 7) is 24.4. The Labute approximate surface area is 509 Å². The van der Waals surface area contributed by atoms with E-state index in [2.05, 4.69) is 10.7 Å². The van der Waals surface area contributed by atoms with E-state index in [1.54, 1.807) is 13.8 Å². The lowest BCUT2D eigenvalue weighted by atomic mass is 9.56. The number of nitrogens with zero attached hydrogens (tertiary/aromatic N) is 1. The van der Waals surface area contributed by atoms with Crippen LogP contribution in [0, 0.1) is 5.41 Å². The van der Waals surface area contributed by atoms with Gasteiger partial charge in [0.1, 0.15) is 78.4 Å². The van der Waals surface area contributed by atoms with Crippen molar-refractivity contribution in [3.8, 4) is 0 Å². The molecule has 0 aromatic rings. The van der Waals surface area contributed by atoms with Crippen molar-refractivity contribution in [2.24, 2.45) is 16.1 Å². The van der Waals surface area contributed by atoms with E-state index >= 15 is 0 Å². The topological polar surface area (TPSA) is 490 Å². The third-order valence-electron chi connectivity index (χ3n) is 19.0. The average Bonchev–Trinajstić information content (AvgIpc) is 3.29. The van der Waals surface area contributed by atoms with Crippen molar-refractivity contribution >= 4 is 37.6 Å². The maximum Gasteiger partial charge on any atom is 0.223 e. The first-order valence-electron chi connectivity index (χ1n) is 27.7. The molecule has 0 aromatic carbocycles. The molecule has 3 rings (SSSR count). The van der Waals surface area contributed by atoms with Crippen LogP contribution in [0.4, 0.5) is 0 Å². The van der Waals surface area contributed by atoms with E-state index in [1.807, 2.05) is 0 Å². The van der Waals surface area contributed by atoms with E-state index in [0.29, 0.717) is 18.9 Å². The molecule has 0 bridgehead atoms. The van der Waals surface area contributed by atoms with Gasteiger partial charge in [0.25, 0.3) is 0 Å². The number of hydrogen-bond acceptors (Lipinski definition) is 30. The zero-order valence-corrected chi connectivity index (χ0v) is 55.2. The first-order valence-corrected chi connectivity index (χ1v) is 27.7. The molecule has 16 N–H and O–H groups in total. The number of nitrogens with two attached hydrogens (primary N) is 1. The maximum absolute atomic E-state index is 12.1. The first-order chi connectivity index (χ1) is 38.4. The minimum Gasteiger partial charge on any atom is -0.393 e. The van der Waals surface area contributed by atoms with Gasteiger partial charge in [-0.05, 0) is 146 Å². The first kappa shape index (κ1) is 84.1. The number of aliphatic hydroxyl groups is 14. The van der Waals surface area contributed by atoms with Crippen molar-refractivity contribution < 1.29 is 138 Å². The van der Waals surface area contributed by atoms with Crippen LogP contribution >= 0.6 is 0 Å². The van der Waals surface area contributed by atoms with Gasteiger partial charge in [0.2, 0.25) is 17.4 Å². The molecule has 3 saturated heterocycles. The molecule has 3 fully saturated rings. The van der Waals surface area contributed by atoms with Gasteiger partial charge < -0.3 is 129 Å². The zero-order chi connectivity index (χ0) is 70.1. The monoisotopic (exact) mass is 1270 g/mol. The lowest BCUT2D eigenvalue weighted by Crippen LogP contribution is -2.84. The van der Waals surface area contributed by atoms with Crippen molar-refractivity contribution in [1.82, 2.24) is 0 Å². The fourth-order valence-corrected chi connectivity index (χ4v) is 9.98. The minimum atomic E-state index is -2.38. The molecule has 0 saturated carbocycles. The lowest BCUT2D eigenvalue weighted by Gasteiger charge is -2.65. The van der Waals surface area contributed by atoms with E-state index in [9.17, 15) is 95.5 Å². The molecule has 0 amide bonds. The van der Waals surface area contributed by atoms with Gasteiger partial charge in [-0.2, -0.15) is 0 Å². The Balaban J connectivity index is 0.00000136. The average molecular weight is 1270 g/mol. The Morgan fingerprint density at radius 3 is 0.966 bits per heavy atom. The number of hydrogen-bond donors (Lipinski definition) is 15. The lowest BCUT2D eigenvalue weighted by molar-refractivity contribution is -0.453. The van der Waals surface area contributed by atoms with Crippen LogP contribution in [-0.2, 0) is 66.6 Å². The van der Waals surface area contributed by atoms with E-state index in [4.69, 9.17) is 42.6 Å². The highest BCUT2D eigenvalue weighted by Crippen LogP contribution is 2.58. The number of rotatable bonds is 24. The van der Waals surface area contributed by atoms with Crippen LogP contribution < -0.4 is 5.73 Å². The fraction of sp³-hybridized carbons (Fsp3) is 0.895. The van der Waals surface area contributed by atoms with E-state index in [1.165, 1.54) is 103 Å². The molecule has 0 aromatic heterocycles. The van der Waals surface area contributed by atoms with Crippen LogP contribution in [0.15, 0.2) is 4.99 Å². The van der Waals surface area contributed by atoms with Gasteiger partial charge in [-0.3, -0.25) is 19.4 Å². The SMILES string of the molecule is CC(C=O)(CO)OC(C)(C=O)OCC1(C)OC(C)(O)C(C)(O)C(C)(O)C1(C)O.CC1(O)OC(C)(CO)C(C)(O)C(C)(O)C1(C)C.CN.CN=CC(C)(CO)OC(C)(C=O)OCC(C)(C=O)OC(C)(C=O)OCC1(C)OC(C)(O)C(C)(O)C(C)(O)C1(C)O. The number of carbonyl (C=O) groups is 5. The zero-order valence-electron chi connectivity index (χ0n) is 55.2. The number of aliphatic imine (C=N–C) groups is 1. The Bertz CT molecular complexity index is 2390.